The van der Waals surface area contributed by atoms with Gasteiger partial charge in [-0.15, -0.1) is 0 Å². The van der Waals surface area contributed by atoms with Gasteiger partial charge in [0.05, 0.1) is 7.11 Å². The Kier molecular flexibility index (Phi) is 4.12. The molecule has 1 heterocycles. The molecular formula is C15H17FN2O. The molecule has 3 nitrogen and oxygen atoms in total. The molecule has 0 aliphatic heterocycles. The number of rotatable bonds is 4. The summed E-state index contributed by atoms with van der Waals surface area (Å²) in [6.07, 6.45) is 1.61. The van der Waals surface area contributed by atoms with E-state index in [1.165, 1.54) is 6.07 Å². The Hall–Kier alpha value is -1.94. The molecule has 0 radical (unpaired) electrons. The second-order valence-corrected chi connectivity index (χ2v) is 4.34. The quantitative estimate of drug-likeness (QED) is 0.916. The molecule has 1 aromatic carbocycles. The maximum absolute atomic E-state index is 14.0. The Labute approximate surface area is 112 Å². The molecule has 19 heavy (non-hydrogen) atoms. The number of nitrogens with zero attached hydrogens (tertiary/aromatic N) is 1. The van der Waals surface area contributed by atoms with Crippen LogP contribution in [0.5, 0.6) is 5.88 Å². The molecule has 100 valence electrons. The fourth-order valence-electron chi connectivity index (χ4n) is 1.89. The first-order valence-electron chi connectivity index (χ1n) is 6.13. The minimum Gasteiger partial charge on any atom is -0.481 e. The maximum atomic E-state index is 14.0. The summed E-state index contributed by atoms with van der Waals surface area (Å²) in [4.78, 5) is 4.03. The van der Waals surface area contributed by atoms with E-state index in [0.717, 1.165) is 11.1 Å². The SMILES string of the molecule is CNC(C)c1ccc(F)c(-c2ccnc(OC)c2)c1. The van der Waals surface area contributed by atoms with Crippen LogP contribution in [0.15, 0.2) is 36.5 Å². The van der Waals surface area contributed by atoms with E-state index in [0.29, 0.717) is 11.4 Å². The molecule has 1 unspecified atom stereocenters. The van der Waals surface area contributed by atoms with Crippen LogP contribution >= 0.6 is 0 Å². The summed E-state index contributed by atoms with van der Waals surface area (Å²) in [7, 11) is 3.42. The summed E-state index contributed by atoms with van der Waals surface area (Å²) in [6.45, 7) is 2.03. The van der Waals surface area contributed by atoms with E-state index in [2.05, 4.69) is 10.3 Å². The number of benzene rings is 1. The summed E-state index contributed by atoms with van der Waals surface area (Å²) in [5.74, 6) is 0.226. The lowest BCUT2D eigenvalue weighted by Gasteiger charge is -2.13. The Morgan fingerprint density at radius 2 is 2.05 bits per heavy atom. The Bertz CT molecular complexity index is 572. The lowest BCUT2D eigenvalue weighted by atomic mass is 10.0. The molecule has 1 N–H and O–H groups in total. The molecular weight excluding hydrogens is 243 g/mol. The van der Waals surface area contributed by atoms with Crippen LogP contribution in [0.3, 0.4) is 0 Å². The highest BCUT2D eigenvalue weighted by Gasteiger charge is 2.10. The van der Waals surface area contributed by atoms with Gasteiger partial charge in [-0.05, 0) is 43.3 Å². The average molecular weight is 260 g/mol. The highest BCUT2D eigenvalue weighted by Crippen LogP contribution is 2.27. The van der Waals surface area contributed by atoms with Crippen molar-refractivity contribution in [2.75, 3.05) is 14.2 Å². The second-order valence-electron chi connectivity index (χ2n) is 4.34. The molecule has 0 saturated heterocycles. The lowest BCUT2D eigenvalue weighted by Crippen LogP contribution is -2.12. The topological polar surface area (TPSA) is 34.2 Å². The van der Waals surface area contributed by atoms with Crippen molar-refractivity contribution in [3.8, 4) is 17.0 Å². The number of halogens is 1. The molecule has 0 fully saturated rings. The van der Waals surface area contributed by atoms with Crippen molar-refractivity contribution in [1.82, 2.24) is 10.3 Å². The minimum atomic E-state index is -0.250. The van der Waals surface area contributed by atoms with Gasteiger partial charge >= 0.3 is 0 Å². The van der Waals surface area contributed by atoms with E-state index in [9.17, 15) is 4.39 Å². The van der Waals surface area contributed by atoms with Gasteiger partial charge in [0.2, 0.25) is 5.88 Å². The van der Waals surface area contributed by atoms with Crippen LogP contribution in [-0.2, 0) is 0 Å². The lowest BCUT2D eigenvalue weighted by molar-refractivity contribution is 0.398. The highest BCUT2D eigenvalue weighted by molar-refractivity contribution is 5.65. The van der Waals surface area contributed by atoms with E-state index < -0.39 is 0 Å². The molecule has 0 spiro atoms. The summed E-state index contributed by atoms with van der Waals surface area (Å²) in [5, 5.41) is 3.14. The molecule has 4 heteroatoms. The van der Waals surface area contributed by atoms with Gasteiger partial charge < -0.3 is 10.1 Å². The highest BCUT2D eigenvalue weighted by atomic mass is 19.1. The van der Waals surface area contributed by atoms with Crippen LogP contribution in [0.2, 0.25) is 0 Å². The molecule has 0 amide bonds. The van der Waals surface area contributed by atoms with Gasteiger partial charge in [0, 0.05) is 23.9 Å². The van der Waals surface area contributed by atoms with E-state index in [-0.39, 0.29) is 11.9 Å². The molecule has 2 aromatic rings. The predicted octanol–water partition coefficient (Wildman–Crippen LogP) is 3.18. The van der Waals surface area contributed by atoms with Gasteiger partial charge in [-0.3, -0.25) is 0 Å². The fraction of sp³-hybridized carbons (Fsp3) is 0.267. The zero-order valence-electron chi connectivity index (χ0n) is 11.3. The Morgan fingerprint density at radius 3 is 2.74 bits per heavy atom. The molecule has 2 rings (SSSR count). The molecule has 0 aliphatic rings. The van der Waals surface area contributed by atoms with E-state index >= 15 is 0 Å². The third kappa shape index (κ3) is 2.90. The molecule has 1 aromatic heterocycles. The monoisotopic (exact) mass is 260 g/mol. The number of hydrogen-bond acceptors (Lipinski definition) is 3. The van der Waals surface area contributed by atoms with Crippen LogP contribution in [-0.4, -0.2) is 19.1 Å². The van der Waals surface area contributed by atoms with Crippen molar-refractivity contribution in [2.45, 2.75) is 13.0 Å². The largest absolute Gasteiger partial charge is 0.481 e. The average Bonchev–Trinajstić information content (AvgIpc) is 2.47. The summed E-state index contributed by atoms with van der Waals surface area (Å²) in [6, 6.07) is 8.80. The van der Waals surface area contributed by atoms with Gasteiger partial charge in [-0.2, -0.15) is 0 Å². The summed E-state index contributed by atoms with van der Waals surface area (Å²) >= 11 is 0. The fourth-order valence-corrected chi connectivity index (χ4v) is 1.89. The van der Waals surface area contributed by atoms with Crippen molar-refractivity contribution in [2.24, 2.45) is 0 Å². The van der Waals surface area contributed by atoms with Gasteiger partial charge in [0.1, 0.15) is 5.82 Å². The van der Waals surface area contributed by atoms with Crippen molar-refractivity contribution in [3.05, 3.63) is 47.9 Å². The van der Waals surface area contributed by atoms with Crippen LogP contribution in [0.25, 0.3) is 11.1 Å². The first-order valence-corrected chi connectivity index (χ1v) is 6.13. The van der Waals surface area contributed by atoms with Gasteiger partial charge in [0.15, 0.2) is 0 Å². The number of methoxy groups -OCH3 is 1. The number of ether oxygens (including phenoxy) is 1. The number of aromatic nitrogens is 1. The van der Waals surface area contributed by atoms with Crippen LogP contribution in [0, 0.1) is 5.82 Å². The molecule has 1 atom stereocenters. The van der Waals surface area contributed by atoms with Crippen LogP contribution in [0.1, 0.15) is 18.5 Å². The minimum absolute atomic E-state index is 0.170. The predicted molar refractivity (Wildman–Crippen MR) is 73.7 cm³/mol. The van der Waals surface area contributed by atoms with Crippen molar-refractivity contribution in [3.63, 3.8) is 0 Å². The second kappa shape index (κ2) is 5.80. The number of nitrogens with one attached hydrogen (secondary N) is 1. The Morgan fingerprint density at radius 1 is 1.26 bits per heavy atom. The van der Waals surface area contributed by atoms with Crippen molar-refractivity contribution < 1.29 is 9.13 Å². The normalized spacial score (nSPS) is 12.2. The van der Waals surface area contributed by atoms with Crippen LogP contribution < -0.4 is 10.1 Å². The van der Waals surface area contributed by atoms with E-state index in [4.69, 9.17) is 4.74 Å². The number of pyridine rings is 1. The zero-order valence-corrected chi connectivity index (χ0v) is 11.3. The summed E-state index contributed by atoms with van der Waals surface area (Å²) < 4.78 is 19.0. The van der Waals surface area contributed by atoms with E-state index in [1.807, 2.05) is 20.0 Å². The third-order valence-electron chi connectivity index (χ3n) is 3.18. The third-order valence-corrected chi connectivity index (χ3v) is 3.18. The molecule has 0 aliphatic carbocycles. The first-order chi connectivity index (χ1) is 9.15. The van der Waals surface area contributed by atoms with E-state index in [1.54, 1.807) is 31.5 Å². The smallest absolute Gasteiger partial charge is 0.213 e. The molecule has 0 saturated carbocycles. The van der Waals surface area contributed by atoms with Crippen LogP contribution in [0.4, 0.5) is 4.39 Å². The number of hydrogen-bond donors (Lipinski definition) is 1. The maximum Gasteiger partial charge on any atom is 0.213 e. The van der Waals surface area contributed by atoms with Crippen molar-refractivity contribution in [1.29, 1.82) is 0 Å². The van der Waals surface area contributed by atoms with Crippen molar-refractivity contribution >= 4 is 0 Å². The molecule has 0 bridgehead atoms. The van der Waals surface area contributed by atoms with Gasteiger partial charge in [0.25, 0.3) is 0 Å². The standard InChI is InChI=1S/C15H17FN2O/c1-10(17-2)11-4-5-14(16)13(8-11)12-6-7-18-15(9-12)19-3/h4-10,17H,1-3H3. The van der Waals surface area contributed by atoms with Gasteiger partial charge in [-0.1, -0.05) is 6.07 Å². The zero-order chi connectivity index (χ0) is 13.8. The van der Waals surface area contributed by atoms with Gasteiger partial charge in [-0.25, -0.2) is 9.37 Å². The summed E-state index contributed by atoms with van der Waals surface area (Å²) in [5.41, 5.74) is 2.35. The first kappa shape index (κ1) is 13.5. The Balaban J connectivity index is 2.48.